The number of hydrogen-bond acceptors (Lipinski definition) is 3. The fourth-order valence-electron chi connectivity index (χ4n) is 2.05. The van der Waals surface area contributed by atoms with Crippen LogP contribution in [0.3, 0.4) is 0 Å². The standard InChI is InChI=1S/C13H8O3/c14-11-8-4-1-2-5-9(8)13-10(12(11)15)6-3-7-16-13/h1-7,13H. The van der Waals surface area contributed by atoms with E-state index in [1.54, 1.807) is 24.3 Å². The van der Waals surface area contributed by atoms with Crippen LogP contribution in [0.1, 0.15) is 22.0 Å². The van der Waals surface area contributed by atoms with E-state index >= 15 is 0 Å². The molecule has 1 unspecified atom stereocenters. The first-order valence-corrected chi connectivity index (χ1v) is 4.99. The molecular weight excluding hydrogens is 204 g/mol. The molecule has 1 aliphatic carbocycles. The zero-order valence-corrected chi connectivity index (χ0v) is 8.34. The first kappa shape index (κ1) is 9.09. The van der Waals surface area contributed by atoms with Crippen molar-refractivity contribution in [3.8, 4) is 0 Å². The molecule has 0 N–H and O–H groups in total. The lowest BCUT2D eigenvalue weighted by Gasteiger charge is -2.27. The van der Waals surface area contributed by atoms with Gasteiger partial charge in [0.25, 0.3) is 0 Å². The van der Waals surface area contributed by atoms with Gasteiger partial charge in [0.05, 0.1) is 6.26 Å². The van der Waals surface area contributed by atoms with Gasteiger partial charge in [-0.25, -0.2) is 0 Å². The zero-order chi connectivity index (χ0) is 11.1. The normalized spacial score (nSPS) is 22.0. The van der Waals surface area contributed by atoms with Crippen LogP contribution in [0.25, 0.3) is 0 Å². The molecule has 3 rings (SSSR count). The minimum atomic E-state index is -0.465. The Hall–Kier alpha value is -2.16. The third kappa shape index (κ3) is 1.08. The van der Waals surface area contributed by atoms with Crippen LogP contribution < -0.4 is 0 Å². The summed E-state index contributed by atoms with van der Waals surface area (Å²) in [5.74, 6) is -0.912. The van der Waals surface area contributed by atoms with Crippen molar-refractivity contribution >= 4 is 11.6 Å². The molecule has 1 aliphatic heterocycles. The lowest BCUT2D eigenvalue weighted by Crippen LogP contribution is -2.29. The highest BCUT2D eigenvalue weighted by Crippen LogP contribution is 2.36. The Bertz CT molecular complexity index is 552. The monoisotopic (exact) mass is 212 g/mol. The van der Waals surface area contributed by atoms with Gasteiger partial charge in [-0.2, -0.15) is 0 Å². The first-order chi connectivity index (χ1) is 7.79. The minimum Gasteiger partial charge on any atom is -0.488 e. The molecule has 0 aromatic heterocycles. The summed E-state index contributed by atoms with van der Waals surface area (Å²) in [7, 11) is 0. The van der Waals surface area contributed by atoms with E-state index in [0.717, 1.165) is 5.56 Å². The van der Waals surface area contributed by atoms with Gasteiger partial charge in [0, 0.05) is 16.7 Å². The third-order valence-corrected chi connectivity index (χ3v) is 2.81. The number of allylic oxidation sites excluding steroid dienone is 2. The summed E-state index contributed by atoms with van der Waals surface area (Å²) < 4.78 is 5.41. The quantitative estimate of drug-likeness (QED) is 0.617. The van der Waals surface area contributed by atoms with Gasteiger partial charge in [-0.15, -0.1) is 0 Å². The average Bonchev–Trinajstić information content (AvgIpc) is 2.36. The van der Waals surface area contributed by atoms with Gasteiger partial charge in [-0.05, 0) is 12.2 Å². The summed E-state index contributed by atoms with van der Waals surface area (Å²) in [6.07, 6.45) is 4.38. The van der Waals surface area contributed by atoms with Gasteiger partial charge in [-0.3, -0.25) is 9.59 Å². The maximum absolute atomic E-state index is 11.8. The molecule has 1 aromatic rings. The number of fused-ring (bicyclic) bond motifs is 3. The lowest BCUT2D eigenvalue weighted by molar-refractivity contribution is -0.113. The topological polar surface area (TPSA) is 43.4 Å². The molecule has 0 amide bonds. The van der Waals surface area contributed by atoms with E-state index in [1.165, 1.54) is 6.26 Å². The van der Waals surface area contributed by atoms with E-state index in [4.69, 9.17) is 4.74 Å². The van der Waals surface area contributed by atoms with Gasteiger partial charge >= 0.3 is 0 Å². The lowest BCUT2D eigenvalue weighted by atomic mass is 9.83. The van der Waals surface area contributed by atoms with Crippen molar-refractivity contribution in [1.29, 1.82) is 0 Å². The van der Waals surface area contributed by atoms with Crippen molar-refractivity contribution in [1.82, 2.24) is 0 Å². The van der Waals surface area contributed by atoms with Crippen molar-refractivity contribution in [2.45, 2.75) is 6.10 Å². The van der Waals surface area contributed by atoms with Crippen LogP contribution in [0.15, 0.2) is 48.3 Å². The molecular formula is C13H8O3. The van der Waals surface area contributed by atoms with Crippen molar-refractivity contribution in [2.75, 3.05) is 0 Å². The van der Waals surface area contributed by atoms with Crippen molar-refractivity contribution < 1.29 is 14.3 Å². The summed E-state index contributed by atoms with van der Waals surface area (Å²) in [5, 5.41) is 0. The molecule has 2 aliphatic rings. The SMILES string of the molecule is O=C1C(=O)c2ccccc2C2OC=CC=C12. The Balaban J connectivity index is 2.26. The second-order valence-electron chi connectivity index (χ2n) is 3.71. The minimum absolute atomic E-state index is 0.422. The average molecular weight is 212 g/mol. The third-order valence-electron chi connectivity index (χ3n) is 2.81. The summed E-state index contributed by atoms with van der Waals surface area (Å²) in [5.41, 5.74) is 1.64. The predicted octanol–water partition coefficient (Wildman–Crippen LogP) is 1.96. The molecule has 3 nitrogen and oxygen atoms in total. The molecule has 0 saturated carbocycles. The number of ether oxygens (including phenoxy) is 1. The fourth-order valence-corrected chi connectivity index (χ4v) is 2.05. The van der Waals surface area contributed by atoms with E-state index in [1.807, 2.05) is 12.1 Å². The molecule has 0 radical (unpaired) electrons. The number of ketones is 2. The summed E-state index contributed by atoms with van der Waals surface area (Å²) >= 11 is 0. The number of carbonyl (C=O) groups excluding carboxylic acids is 2. The van der Waals surface area contributed by atoms with Gasteiger partial charge in [0.15, 0.2) is 6.10 Å². The van der Waals surface area contributed by atoms with E-state index in [-0.39, 0.29) is 0 Å². The van der Waals surface area contributed by atoms with Crippen molar-refractivity contribution in [2.24, 2.45) is 0 Å². The van der Waals surface area contributed by atoms with E-state index in [2.05, 4.69) is 0 Å². The summed E-state index contributed by atoms with van der Waals surface area (Å²) in [6.45, 7) is 0. The van der Waals surface area contributed by atoms with Crippen LogP contribution in [0.2, 0.25) is 0 Å². The van der Waals surface area contributed by atoms with Crippen molar-refractivity contribution in [3.05, 3.63) is 59.4 Å². The van der Waals surface area contributed by atoms with Crippen LogP contribution in [0, 0.1) is 0 Å². The van der Waals surface area contributed by atoms with Crippen molar-refractivity contribution in [3.63, 3.8) is 0 Å². The Morgan fingerprint density at radius 2 is 1.88 bits per heavy atom. The molecule has 0 saturated heterocycles. The number of benzene rings is 1. The second-order valence-corrected chi connectivity index (χ2v) is 3.71. The molecule has 0 spiro atoms. The first-order valence-electron chi connectivity index (χ1n) is 4.99. The second kappa shape index (κ2) is 3.17. The highest BCUT2D eigenvalue weighted by atomic mass is 16.5. The maximum Gasteiger partial charge on any atom is 0.233 e. The van der Waals surface area contributed by atoms with Gasteiger partial charge < -0.3 is 4.74 Å². The van der Waals surface area contributed by atoms with E-state index in [0.29, 0.717) is 11.1 Å². The number of rotatable bonds is 0. The Morgan fingerprint density at radius 3 is 2.75 bits per heavy atom. The Morgan fingerprint density at radius 1 is 1.06 bits per heavy atom. The Labute approximate surface area is 92.0 Å². The van der Waals surface area contributed by atoms with Crippen LogP contribution in [0.5, 0.6) is 0 Å². The zero-order valence-electron chi connectivity index (χ0n) is 8.34. The fraction of sp³-hybridized carbons (Fsp3) is 0.0769. The number of hydrogen-bond donors (Lipinski definition) is 0. The molecule has 1 atom stereocenters. The molecule has 16 heavy (non-hydrogen) atoms. The van der Waals surface area contributed by atoms with E-state index < -0.39 is 17.7 Å². The van der Waals surface area contributed by atoms with E-state index in [9.17, 15) is 9.59 Å². The largest absolute Gasteiger partial charge is 0.488 e. The summed E-state index contributed by atoms with van der Waals surface area (Å²) in [4.78, 5) is 23.6. The maximum atomic E-state index is 11.8. The smallest absolute Gasteiger partial charge is 0.233 e. The van der Waals surface area contributed by atoms with Gasteiger partial charge in [0.1, 0.15) is 0 Å². The van der Waals surface area contributed by atoms with Crippen LogP contribution in [0.4, 0.5) is 0 Å². The highest BCUT2D eigenvalue weighted by molar-refractivity contribution is 6.50. The van der Waals surface area contributed by atoms with Gasteiger partial charge in [-0.1, -0.05) is 24.3 Å². The predicted molar refractivity (Wildman–Crippen MR) is 56.8 cm³/mol. The van der Waals surface area contributed by atoms with Gasteiger partial charge in [0.2, 0.25) is 11.6 Å². The number of carbonyl (C=O) groups is 2. The molecule has 78 valence electrons. The molecule has 1 aromatic carbocycles. The van der Waals surface area contributed by atoms with Crippen LogP contribution in [-0.4, -0.2) is 11.6 Å². The van der Waals surface area contributed by atoms with Crippen LogP contribution in [-0.2, 0) is 9.53 Å². The molecule has 3 heteroatoms. The molecule has 1 heterocycles. The Kier molecular flexibility index (Phi) is 1.80. The highest BCUT2D eigenvalue weighted by Gasteiger charge is 2.37. The van der Waals surface area contributed by atoms with Crippen LogP contribution >= 0.6 is 0 Å². The number of Topliss-reactive ketones (excluding diaryl/α,β-unsaturated/α-hetero) is 2. The molecule has 0 fully saturated rings. The summed E-state index contributed by atoms with van der Waals surface area (Å²) in [6, 6.07) is 7.06. The molecule has 0 bridgehead atoms.